The van der Waals surface area contributed by atoms with Gasteiger partial charge in [-0.1, -0.05) is 18.2 Å². The minimum Gasteiger partial charge on any atom is -0.400 e. The van der Waals surface area contributed by atoms with Crippen LogP contribution < -0.4 is 11.1 Å². The third-order valence-corrected chi connectivity index (χ3v) is 4.52. The third-order valence-electron chi connectivity index (χ3n) is 4.52. The highest BCUT2D eigenvalue weighted by Gasteiger charge is 2.09. The Balaban J connectivity index is 1.80. The summed E-state index contributed by atoms with van der Waals surface area (Å²) >= 11 is 0. The first-order valence-electron chi connectivity index (χ1n) is 9.45. The highest BCUT2D eigenvalue weighted by molar-refractivity contribution is 5.25. The van der Waals surface area contributed by atoms with Gasteiger partial charge in [0.05, 0.1) is 12.2 Å². The van der Waals surface area contributed by atoms with E-state index in [1.807, 2.05) is 57.6 Å². The zero-order valence-electron chi connectivity index (χ0n) is 16.7. The Morgan fingerprint density at radius 3 is 1.64 bits per heavy atom. The van der Waals surface area contributed by atoms with Crippen molar-refractivity contribution in [2.45, 2.75) is 40.2 Å². The molecule has 5 heteroatoms. The van der Waals surface area contributed by atoms with Crippen molar-refractivity contribution in [2.24, 2.45) is 5.73 Å². The molecule has 0 aliphatic carbocycles. The highest BCUT2D eigenvalue weighted by Crippen LogP contribution is 2.12. The van der Waals surface area contributed by atoms with Crippen LogP contribution in [0.3, 0.4) is 0 Å². The van der Waals surface area contributed by atoms with E-state index in [1.54, 1.807) is 0 Å². The molecule has 0 unspecified atom stereocenters. The van der Waals surface area contributed by atoms with Gasteiger partial charge in [-0.25, -0.2) is 0 Å². The number of aryl methyl sites for hydroxylation is 3. The standard InChI is InChI=1S/C23H27N5/c1-16-4-7-19(25-12-16)10-22(24)23(11-20-8-5-17(2)13-26-20)28-15-21-9-6-18(3)14-27-21/h4-9,12-14,28H,10-11,15,24H2,1-3H3/b23-22+. The van der Waals surface area contributed by atoms with Crippen molar-refractivity contribution < 1.29 is 0 Å². The number of aromatic nitrogens is 3. The normalized spacial score (nSPS) is 11.8. The number of nitrogens with one attached hydrogen (secondary N) is 1. The third kappa shape index (κ3) is 5.64. The van der Waals surface area contributed by atoms with Crippen LogP contribution in [0.2, 0.25) is 0 Å². The second-order valence-corrected chi connectivity index (χ2v) is 7.19. The van der Waals surface area contributed by atoms with Crippen LogP contribution in [-0.4, -0.2) is 15.0 Å². The van der Waals surface area contributed by atoms with Gasteiger partial charge in [0.2, 0.25) is 0 Å². The van der Waals surface area contributed by atoms with Crippen molar-refractivity contribution in [3.05, 3.63) is 100 Å². The topological polar surface area (TPSA) is 76.7 Å². The summed E-state index contributed by atoms with van der Waals surface area (Å²) in [6.45, 7) is 6.71. The number of nitrogens with zero attached hydrogens (tertiary/aromatic N) is 3. The zero-order valence-corrected chi connectivity index (χ0v) is 16.7. The van der Waals surface area contributed by atoms with Crippen LogP contribution >= 0.6 is 0 Å². The summed E-state index contributed by atoms with van der Waals surface area (Å²) in [5, 5.41) is 3.47. The van der Waals surface area contributed by atoms with E-state index >= 15 is 0 Å². The molecule has 0 aromatic carbocycles. The quantitative estimate of drug-likeness (QED) is 0.662. The summed E-state index contributed by atoms with van der Waals surface area (Å²) in [5.41, 5.74) is 14.5. The van der Waals surface area contributed by atoms with Crippen molar-refractivity contribution in [3.63, 3.8) is 0 Å². The van der Waals surface area contributed by atoms with E-state index in [0.29, 0.717) is 19.4 Å². The van der Waals surface area contributed by atoms with Crippen LogP contribution in [0.4, 0.5) is 0 Å². The van der Waals surface area contributed by atoms with Gasteiger partial charge < -0.3 is 11.1 Å². The van der Waals surface area contributed by atoms with E-state index in [0.717, 1.165) is 45.2 Å². The molecule has 0 aliphatic rings. The summed E-state index contributed by atoms with van der Waals surface area (Å²) < 4.78 is 0. The van der Waals surface area contributed by atoms with Crippen molar-refractivity contribution >= 4 is 0 Å². The molecule has 28 heavy (non-hydrogen) atoms. The minimum atomic E-state index is 0.593. The van der Waals surface area contributed by atoms with Crippen LogP contribution in [0.5, 0.6) is 0 Å². The van der Waals surface area contributed by atoms with Crippen LogP contribution in [-0.2, 0) is 19.4 Å². The SMILES string of the molecule is Cc1ccc(CN/C(Cc2ccc(C)cn2)=C(/N)Cc2ccc(C)cn2)nc1. The van der Waals surface area contributed by atoms with E-state index in [-0.39, 0.29) is 0 Å². The number of allylic oxidation sites excluding steroid dienone is 2. The molecule has 3 N–H and O–H groups in total. The van der Waals surface area contributed by atoms with Gasteiger partial charge in [-0.3, -0.25) is 15.0 Å². The number of hydrogen-bond donors (Lipinski definition) is 2. The first-order valence-corrected chi connectivity index (χ1v) is 9.45. The average molecular weight is 374 g/mol. The molecule has 3 heterocycles. The van der Waals surface area contributed by atoms with E-state index in [9.17, 15) is 0 Å². The molecule has 0 saturated heterocycles. The number of nitrogens with two attached hydrogens (primary N) is 1. The van der Waals surface area contributed by atoms with Gasteiger partial charge in [-0.2, -0.15) is 0 Å². The molecule has 144 valence electrons. The van der Waals surface area contributed by atoms with Gasteiger partial charge >= 0.3 is 0 Å². The summed E-state index contributed by atoms with van der Waals surface area (Å²) in [6, 6.07) is 12.3. The Labute approximate surface area is 166 Å². The molecular weight excluding hydrogens is 346 g/mol. The average Bonchev–Trinajstić information content (AvgIpc) is 2.69. The second-order valence-electron chi connectivity index (χ2n) is 7.19. The molecule has 5 nitrogen and oxygen atoms in total. The Morgan fingerprint density at radius 2 is 1.18 bits per heavy atom. The molecule has 0 amide bonds. The molecule has 0 aliphatic heterocycles. The summed E-state index contributed by atoms with van der Waals surface area (Å²) in [5.74, 6) is 0. The molecule has 0 saturated carbocycles. The lowest BCUT2D eigenvalue weighted by molar-refractivity contribution is 0.733. The highest BCUT2D eigenvalue weighted by atomic mass is 14.9. The maximum absolute atomic E-state index is 6.48. The van der Waals surface area contributed by atoms with Gasteiger partial charge in [0.25, 0.3) is 0 Å². The minimum absolute atomic E-state index is 0.593. The Kier molecular flexibility index (Phi) is 6.37. The van der Waals surface area contributed by atoms with Crippen molar-refractivity contribution in [1.82, 2.24) is 20.3 Å². The molecule has 3 aromatic rings. The van der Waals surface area contributed by atoms with E-state index < -0.39 is 0 Å². The van der Waals surface area contributed by atoms with Gasteiger partial charge in [-0.05, 0) is 55.7 Å². The molecule has 3 aromatic heterocycles. The first-order chi connectivity index (χ1) is 13.5. The molecule has 0 radical (unpaired) electrons. The van der Waals surface area contributed by atoms with Crippen molar-refractivity contribution in [3.8, 4) is 0 Å². The Bertz CT molecular complexity index is 926. The first kappa shape index (κ1) is 19.5. The number of hydrogen-bond acceptors (Lipinski definition) is 5. The van der Waals surface area contributed by atoms with Gasteiger partial charge in [-0.15, -0.1) is 0 Å². The van der Waals surface area contributed by atoms with Crippen molar-refractivity contribution in [2.75, 3.05) is 0 Å². The predicted octanol–water partition coefficient (Wildman–Crippen LogP) is 3.54. The van der Waals surface area contributed by atoms with Gasteiger partial charge in [0.15, 0.2) is 0 Å². The van der Waals surface area contributed by atoms with E-state index in [1.165, 1.54) is 0 Å². The molecule has 0 atom stereocenters. The molecular formula is C23H27N5. The fourth-order valence-electron chi connectivity index (χ4n) is 2.78. The fraction of sp³-hybridized carbons (Fsp3) is 0.261. The molecule has 0 fully saturated rings. The summed E-state index contributed by atoms with van der Waals surface area (Å²) in [6.07, 6.45) is 6.86. The van der Waals surface area contributed by atoms with Crippen molar-refractivity contribution in [1.29, 1.82) is 0 Å². The van der Waals surface area contributed by atoms with Crippen LogP contribution in [0.25, 0.3) is 0 Å². The lowest BCUT2D eigenvalue weighted by Gasteiger charge is -2.15. The van der Waals surface area contributed by atoms with Crippen LogP contribution in [0.1, 0.15) is 33.8 Å². The Hall–Kier alpha value is -3.21. The monoisotopic (exact) mass is 373 g/mol. The summed E-state index contributed by atoms with van der Waals surface area (Å²) in [4.78, 5) is 13.5. The maximum atomic E-state index is 6.48. The molecule has 0 bridgehead atoms. The smallest absolute Gasteiger partial charge is 0.0594 e. The zero-order chi connectivity index (χ0) is 19.9. The van der Waals surface area contributed by atoms with Crippen LogP contribution in [0, 0.1) is 20.8 Å². The lowest BCUT2D eigenvalue weighted by atomic mass is 10.1. The molecule has 0 spiro atoms. The number of rotatable bonds is 7. The van der Waals surface area contributed by atoms with E-state index in [4.69, 9.17) is 5.73 Å². The Morgan fingerprint density at radius 1 is 0.714 bits per heavy atom. The summed E-state index contributed by atoms with van der Waals surface area (Å²) in [7, 11) is 0. The maximum Gasteiger partial charge on any atom is 0.0594 e. The number of pyridine rings is 3. The lowest BCUT2D eigenvalue weighted by Crippen LogP contribution is -2.22. The largest absolute Gasteiger partial charge is 0.400 e. The van der Waals surface area contributed by atoms with Gasteiger partial charge in [0, 0.05) is 54.2 Å². The second kappa shape index (κ2) is 9.13. The van der Waals surface area contributed by atoms with Gasteiger partial charge in [0.1, 0.15) is 0 Å². The van der Waals surface area contributed by atoms with E-state index in [2.05, 4.69) is 38.5 Å². The fourth-order valence-corrected chi connectivity index (χ4v) is 2.78. The predicted molar refractivity (Wildman–Crippen MR) is 112 cm³/mol. The van der Waals surface area contributed by atoms with Crippen LogP contribution in [0.15, 0.2) is 66.4 Å². The molecule has 3 rings (SSSR count).